The van der Waals surface area contributed by atoms with Gasteiger partial charge in [-0.2, -0.15) is 0 Å². The standard InChI is InChI=1S/C23H27N3O5/c1-3-4-13-26-20-10-6-5-9-18(20)25-19(23(26)29)11-12-21(27)31-16(2)22(28)24-15-17-8-7-14-30-17/h5-10,14,16H,3-4,11-13,15H2,1-2H3,(H,24,28). The number of hydrogen-bond acceptors (Lipinski definition) is 6. The minimum atomic E-state index is -0.951. The molecule has 3 aromatic rings. The van der Waals surface area contributed by atoms with E-state index in [2.05, 4.69) is 17.2 Å². The molecule has 1 unspecified atom stereocenters. The van der Waals surface area contributed by atoms with Crippen molar-refractivity contribution in [2.75, 3.05) is 0 Å². The van der Waals surface area contributed by atoms with Gasteiger partial charge in [0.2, 0.25) is 0 Å². The second kappa shape index (κ2) is 10.6. The summed E-state index contributed by atoms with van der Waals surface area (Å²) in [4.78, 5) is 41.7. The second-order valence-electron chi connectivity index (χ2n) is 7.29. The molecule has 0 saturated carbocycles. The summed E-state index contributed by atoms with van der Waals surface area (Å²) in [5.74, 6) is -0.376. The number of rotatable bonds is 10. The van der Waals surface area contributed by atoms with E-state index in [1.54, 1.807) is 16.7 Å². The Morgan fingerprint density at radius 2 is 2.03 bits per heavy atom. The number of fused-ring (bicyclic) bond motifs is 1. The molecule has 0 aliphatic carbocycles. The van der Waals surface area contributed by atoms with Gasteiger partial charge in [-0.05, 0) is 37.6 Å². The number of para-hydroxylation sites is 2. The third-order valence-electron chi connectivity index (χ3n) is 4.92. The third kappa shape index (κ3) is 5.81. The minimum absolute atomic E-state index is 0.0375. The number of hydrogen-bond donors (Lipinski definition) is 1. The topological polar surface area (TPSA) is 103 Å². The highest BCUT2D eigenvalue weighted by Crippen LogP contribution is 2.12. The van der Waals surface area contributed by atoms with Gasteiger partial charge in [0.25, 0.3) is 11.5 Å². The summed E-state index contributed by atoms with van der Waals surface area (Å²) in [5, 5.41) is 2.64. The lowest BCUT2D eigenvalue weighted by Gasteiger charge is -2.14. The Labute approximate surface area is 180 Å². The number of carbonyl (C=O) groups excluding carboxylic acids is 2. The van der Waals surface area contributed by atoms with Crippen molar-refractivity contribution < 1.29 is 18.7 Å². The Bertz CT molecular complexity index is 1090. The van der Waals surface area contributed by atoms with Gasteiger partial charge in [0.05, 0.1) is 30.3 Å². The zero-order valence-corrected chi connectivity index (χ0v) is 17.8. The Hall–Kier alpha value is -3.42. The molecule has 2 aromatic heterocycles. The van der Waals surface area contributed by atoms with Crippen LogP contribution in [0, 0.1) is 0 Å². The minimum Gasteiger partial charge on any atom is -0.467 e. The molecule has 0 fully saturated rings. The fourth-order valence-electron chi connectivity index (χ4n) is 3.21. The van der Waals surface area contributed by atoms with Gasteiger partial charge in [0, 0.05) is 13.0 Å². The van der Waals surface area contributed by atoms with E-state index in [0.717, 1.165) is 18.4 Å². The van der Waals surface area contributed by atoms with Crippen LogP contribution in [0.3, 0.4) is 0 Å². The summed E-state index contributed by atoms with van der Waals surface area (Å²) in [5.41, 5.74) is 1.63. The summed E-state index contributed by atoms with van der Waals surface area (Å²) < 4.78 is 12.1. The molecule has 0 spiro atoms. The highest BCUT2D eigenvalue weighted by atomic mass is 16.5. The molecule has 0 aliphatic rings. The quantitative estimate of drug-likeness (QED) is 0.501. The van der Waals surface area contributed by atoms with Crippen molar-refractivity contribution in [3.05, 3.63) is 64.5 Å². The molecule has 1 aromatic carbocycles. The number of carbonyl (C=O) groups is 2. The van der Waals surface area contributed by atoms with E-state index < -0.39 is 18.0 Å². The zero-order chi connectivity index (χ0) is 22.2. The predicted molar refractivity (Wildman–Crippen MR) is 115 cm³/mol. The summed E-state index contributed by atoms with van der Waals surface area (Å²) in [6.45, 7) is 4.38. The third-order valence-corrected chi connectivity index (χ3v) is 4.92. The number of unbranched alkanes of at least 4 members (excludes halogenated alkanes) is 1. The van der Waals surface area contributed by atoms with E-state index in [0.29, 0.717) is 23.5 Å². The maximum atomic E-state index is 12.9. The molecule has 164 valence electrons. The maximum absolute atomic E-state index is 12.9. The van der Waals surface area contributed by atoms with E-state index in [-0.39, 0.29) is 24.9 Å². The Morgan fingerprint density at radius 1 is 1.23 bits per heavy atom. The monoisotopic (exact) mass is 425 g/mol. The average molecular weight is 425 g/mol. The van der Waals surface area contributed by atoms with Crippen LogP contribution in [-0.4, -0.2) is 27.5 Å². The number of furan rings is 1. The van der Waals surface area contributed by atoms with Gasteiger partial charge < -0.3 is 19.0 Å². The van der Waals surface area contributed by atoms with Gasteiger partial charge in [-0.1, -0.05) is 25.5 Å². The van der Waals surface area contributed by atoms with E-state index >= 15 is 0 Å². The maximum Gasteiger partial charge on any atom is 0.306 e. The molecule has 0 aliphatic heterocycles. The molecule has 3 rings (SSSR count). The first kappa shape index (κ1) is 22.3. The van der Waals surface area contributed by atoms with E-state index in [9.17, 15) is 14.4 Å². The van der Waals surface area contributed by atoms with Crippen LogP contribution in [-0.2, 0) is 33.8 Å². The van der Waals surface area contributed by atoms with Gasteiger partial charge in [0.15, 0.2) is 6.10 Å². The molecule has 0 saturated heterocycles. The fraction of sp³-hybridized carbons (Fsp3) is 0.391. The molecule has 8 heteroatoms. The fourth-order valence-corrected chi connectivity index (χ4v) is 3.21. The molecule has 1 N–H and O–H groups in total. The normalized spacial score (nSPS) is 11.9. The number of esters is 1. The van der Waals surface area contributed by atoms with Gasteiger partial charge >= 0.3 is 5.97 Å². The Morgan fingerprint density at radius 3 is 2.77 bits per heavy atom. The van der Waals surface area contributed by atoms with Crippen molar-refractivity contribution in [3.63, 3.8) is 0 Å². The SMILES string of the molecule is CCCCn1c(=O)c(CCC(=O)OC(C)C(=O)NCc2ccco2)nc2ccccc21. The molecule has 8 nitrogen and oxygen atoms in total. The molecular weight excluding hydrogens is 398 g/mol. The van der Waals surface area contributed by atoms with Crippen molar-refractivity contribution >= 4 is 22.9 Å². The van der Waals surface area contributed by atoms with Crippen LogP contribution in [0.25, 0.3) is 11.0 Å². The predicted octanol–water partition coefficient (Wildman–Crippen LogP) is 2.97. The number of aromatic nitrogens is 2. The number of ether oxygens (including phenoxy) is 1. The highest BCUT2D eigenvalue weighted by molar-refractivity contribution is 5.83. The van der Waals surface area contributed by atoms with Crippen molar-refractivity contribution in [2.45, 2.75) is 58.7 Å². The Balaban J connectivity index is 1.61. The van der Waals surface area contributed by atoms with Gasteiger partial charge in [0.1, 0.15) is 11.5 Å². The molecule has 2 heterocycles. The summed E-state index contributed by atoms with van der Waals surface area (Å²) in [6, 6.07) is 10.9. The summed E-state index contributed by atoms with van der Waals surface area (Å²) >= 11 is 0. The smallest absolute Gasteiger partial charge is 0.306 e. The number of benzene rings is 1. The number of aryl methyl sites for hydroxylation is 2. The lowest BCUT2D eigenvalue weighted by molar-refractivity contribution is -0.154. The van der Waals surface area contributed by atoms with Gasteiger partial charge in [-0.15, -0.1) is 0 Å². The van der Waals surface area contributed by atoms with Crippen LogP contribution in [0.1, 0.15) is 44.6 Å². The lowest BCUT2D eigenvalue weighted by Crippen LogP contribution is -2.35. The molecule has 0 radical (unpaired) electrons. The van der Waals surface area contributed by atoms with Crippen molar-refractivity contribution in [2.24, 2.45) is 0 Å². The zero-order valence-electron chi connectivity index (χ0n) is 17.8. The summed E-state index contributed by atoms with van der Waals surface area (Å²) in [6.07, 6.45) is 2.51. The number of nitrogens with one attached hydrogen (secondary N) is 1. The van der Waals surface area contributed by atoms with Crippen molar-refractivity contribution in [1.82, 2.24) is 14.9 Å². The first-order chi connectivity index (χ1) is 15.0. The van der Waals surface area contributed by atoms with Gasteiger partial charge in [-0.25, -0.2) is 4.98 Å². The highest BCUT2D eigenvalue weighted by Gasteiger charge is 2.19. The van der Waals surface area contributed by atoms with Crippen LogP contribution in [0.15, 0.2) is 51.9 Å². The van der Waals surface area contributed by atoms with Crippen molar-refractivity contribution in [1.29, 1.82) is 0 Å². The lowest BCUT2D eigenvalue weighted by atomic mass is 10.2. The van der Waals surface area contributed by atoms with Crippen molar-refractivity contribution in [3.8, 4) is 0 Å². The molecule has 1 atom stereocenters. The average Bonchev–Trinajstić information content (AvgIpc) is 3.29. The van der Waals surface area contributed by atoms with Crippen LogP contribution in [0.5, 0.6) is 0 Å². The molecule has 1 amide bonds. The van der Waals surface area contributed by atoms with Crippen LogP contribution in [0.2, 0.25) is 0 Å². The molecular formula is C23H27N3O5. The molecule has 0 bridgehead atoms. The molecule has 31 heavy (non-hydrogen) atoms. The van der Waals surface area contributed by atoms with Crippen LogP contribution >= 0.6 is 0 Å². The number of nitrogens with zero attached hydrogens (tertiary/aromatic N) is 2. The largest absolute Gasteiger partial charge is 0.467 e. The van der Waals surface area contributed by atoms with Crippen LogP contribution in [0.4, 0.5) is 0 Å². The first-order valence-electron chi connectivity index (χ1n) is 10.5. The van der Waals surface area contributed by atoms with Gasteiger partial charge in [-0.3, -0.25) is 14.4 Å². The Kier molecular flexibility index (Phi) is 7.59. The first-order valence-corrected chi connectivity index (χ1v) is 10.5. The summed E-state index contributed by atoms with van der Waals surface area (Å²) in [7, 11) is 0. The second-order valence-corrected chi connectivity index (χ2v) is 7.29. The van der Waals surface area contributed by atoms with E-state index in [1.165, 1.54) is 13.2 Å². The number of amides is 1. The van der Waals surface area contributed by atoms with E-state index in [1.807, 2.05) is 24.3 Å². The van der Waals surface area contributed by atoms with Crippen LogP contribution < -0.4 is 10.9 Å². The van der Waals surface area contributed by atoms with E-state index in [4.69, 9.17) is 9.15 Å².